The van der Waals surface area contributed by atoms with E-state index < -0.39 is 18.0 Å². The van der Waals surface area contributed by atoms with Crippen molar-refractivity contribution in [2.45, 2.75) is 38.1 Å². The fourth-order valence-electron chi connectivity index (χ4n) is 3.61. The van der Waals surface area contributed by atoms with Gasteiger partial charge in [-0.2, -0.15) is 4.98 Å². The summed E-state index contributed by atoms with van der Waals surface area (Å²) >= 11 is 5.90. The lowest BCUT2D eigenvalue weighted by Crippen LogP contribution is -2.45. The van der Waals surface area contributed by atoms with E-state index in [2.05, 4.69) is 19.9 Å². The third kappa shape index (κ3) is 4.68. The maximum atomic E-state index is 13.1. The van der Waals surface area contributed by atoms with Crippen LogP contribution in [-0.4, -0.2) is 44.9 Å². The van der Waals surface area contributed by atoms with E-state index in [4.69, 9.17) is 16.1 Å². The molecule has 11 heteroatoms. The molecule has 1 N–H and O–H groups in total. The molecule has 1 amide bonds. The molecule has 2 aromatic heterocycles. The van der Waals surface area contributed by atoms with Gasteiger partial charge < -0.3 is 19.1 Å². The molecule has 1 aliphatic rings. The first-order chi connectivity index (χ1) is 14.7. The maximum absolute atomic E-state index is 13.1. The molecule has 7 nitrogen and oxygen atoms in total. The molecule has 0 radical (unpaired) electrons. The SMILES string of the molecule is C[C@@H]1CC[C@H](c2noc(-c3cc(Cl)c[nH]3)n2)CN1C(=O)c1ccccc1OC(F)(F)F. The highest BCUT2D eigenvalue weighted by atomic mass is 35.5. The van der Waals surface area contributed by atoms with E-state index >= 15 is 0 Å². The summed E-state index contributed by atoms with van der Waals surface area (Å²) in [6, 6.07) is 6.80. The second-order valence-corrected chi connectivity index (χ2v) is 7.75. The number of piperidine rings is 1. The van der Waals surface area contributed by atoms with Gasteiger partial charge in [0.25, 0.3) is 11.8 Å². The molecular weight excluding hydrogens is 437 g/mol. The van der Waals surface area contributed by atoms with Gasteiger partial charge in [0.05, 0.1) is 10.6 Å². The predicted molar refractivity (Wildman–Crippen MR) is 105 cm³/mol. The first-order valence-corrected chi connectivity index (χ1v) is 9.92. The Bertz CT molecular complexity index is 1080. The zero-order valence-electron chi connectivity index (χ0n) is 16.3. The van der Waals surface area contributed by atoms with Crippen LogP contribution in [0.15, 0.2) is 41.1 Å². The molecule has 0 spiro atoms. The van der Waals surface area contributed by atoms with Crippen molar-refractivity contribution < 1.29 is 27.2 Å². The van der Waals surface area contributed by atoms with E-state index in [0.717, 1.165) is 6.07 Å². The van der Waals surface area contributed by atoms with Crippen LogP contribution in [0.5, 0.6) is 5.75 Å². The van der Waals surface area contributed by atoms with Gasteiger partial charge in [0.1, 0.15) is 11.4 Å². The Morgan fingerprint density at radius 3 is 2.81 bits per heavy atom. The van der Waals surface area contributed by atoms with Crippen LogP contribution in [0.3, 0.4) is 0 Å². The first kappa shape index (κ1) is 21.2. The van der Waals surface area contributed by atoms with E-state index in [-0.39, 0.29) is 30.0 Å². The average Bonchev–Trinajstić information content (AvgIpc) is 3.36. The number of carbonyl (C=O) groups excluding carboxylic acids is 1. The van der Waals surface area contributed by atoms with Gasteiger partial charge in [0.2, 0.25) is 0 Å². The lowest BCUT2D eigenvalue weighted by molar-refractivity contribution is -0.274. The molecule has 4 rings (SSSR count). The smallest absolute Gasteiger partial charge is 0.405 e. The molecule has 0 aliphatic carbocycles. The fraction of sp³-hybridized carbons (Fsp3) is 0.350. The highest BCUT2D eigenvalue weighted by Gasteiger charge is 2.36. The summed E-state index contributed by atoms with van der Waals surface area (Å²) in [5, 5.41) is 4.52. The van der Waals surface area contributed by atoms with Crippen molar-refractivity contribution in [3.8, 4) is 17.3 Å². The van der Waals surface area contributed by atoms with Gasteiger partial charge in [-0.25, -0.2) is 0 Å². The second kappa shape index (κ2) is 8.26. The number of para-hydroxylation sites is 1. The van der Waals surface area contributed by atoms with Crippen LogP contribution >= 0.6 is 11.6 Å². The molecular formula is C20H18ClF3N4O3. The van der Waals surface area contributed by atoms with E-state index in [1.165, 1.54) is 23.1 Å². The van der Waals surface area contributed by atoms with E-state index in [9.17, 15) is 18.0 Å². The van der Waals surface area contributed by atoms with Gasteiger partial charge in [-0.05, 0) is 38.0 Å². The Morgan fingerprint density at radius 2 is 2.10 bits per heavy atom. The van der Waals surface area contributed by atoms with Crippen LogP contribution in [0, 0.1) is 0 Å². The number of nitrogens with one attached hydrogen (secondary N) is 1. The number of hydrogen-bond donors (Lipinski definition) is 1. The molecule has 1 aromatic carbocycles. The van der Waals surface area contributed by atoms with Gasteiger partial charge in [0.15, 0.2) is 5.82 Å². The van der Waals surface area contributed by atoms with Gasteiger partial charge in [-0.15, -0.1) is 13.2 Å². The highest BCUT2D eigenvalue weighted by Crippen LogP contribution is 2.33. The van der Waals surface area contributed by atoms with Crippen molar-refractivity contribution in [3.63, 3.8) is 0 Å². The van der Waals surface area contributed by atoms with Crippen molar-refractivity contribution in [2.75, 3.05) is 6.54 Å². The first-order valence-electron chi connectivity index (χ1n) is 9.55. The van der Waals surface area contributed by atoms with Gasteiger partial charge in [0, 0.05) is 24.7 Å². The normalized spacial score (nSPS) is 19.5. The van der Waals surface area contributed by atoms with Gasteiger partial charge in [-0.3, -0.25) is 4.79 Å². The number of rotatable bonds is 4. The largest absolute Gasteiger partial charge is 0.573 e. The third-order valence-corrected chi connectivity index (χ3v) is 5.39. The lowest BCUT2D eigenvalue weighted by Gasteiger charge is -2.37. The molecule has 3 aromatic rings. The topological polar surface area (TPSA) is 84.3 Å². The van der Waals surface area contributed by atoms with Crippen molar-refractivity contribution >= 4 is 17.5 Å². The summed E-state index contributed by atoms with van der Waals surface area (Å²) in [6.45, 7) is 2.09. The minimum atomic E-state index is -4.89. The Kier molecular flexibility index (Phi) is 5.65. The molecule has 0 saturated carbocycles. The van der Waals surface area contributed by atoms with Crippen LogP contribution in [0.2, 0.25) is 5.02 Å². The number of halogens is 4. The summed E-state index contributed by atoms with van der Waals surface area (Å²) in [5.74, 6) is -0.608. The molecule has 31 heavy (non-hydrogen) atoms. The number of carbonyl (C=O) groups is 1. The van der Waals surface area contributed by atoms with Crippen LogP contribution in [0.4, 0.5) is 13.2 Å². The zero-order valence-corrected chi connectivity index (χ0v) is 17.1. The predicted octanol–water partition coefficient (Wildman–Crippen LogP) is 5.03. The maximum Gasteiger partial charge on any atom is 0.573 e. The van der Waals surface area contributed by atoms with Crippen LogP contribution in [-0.2, 0) is 0 Å². The number of amides is 1. The molecule has 0 unspecified atom stereocenters. The molecule has 0 bridgehead atoms. The zero-order chi connectivity index (χ0) is 22.2. The second-order valence-electron chi connectivity index (χ2n) is 7.31. The molecule has 1 aliphatic heterocycles. The summed E-state index contributed by atoms with van der Waals surface area (Å²) in [5.41, 5.74) is 0.418. The molecule has 164 valence electrons. The number of H-pyrrole nitrogens is 1. The van der Waals surface area contributed by atoms with E-state index in [1.807, 2.05) is 6.92 Å². The summed E-state index contributed by atoms with van der Waals surface area (Å²) in [4.78, 5) is 22.0. The number of aromatic nitrogens is 3. The van der Waals surface area contributed by atoms with Crippen molar-refractivity contribution in [3.05, 3.63) is 52.9 Å². The minimum absolute atomic E-state index is 0.151. The quantitative estimate of drug-likeness (QED) is 0.598. The van der Waals surface area contributed by atoms with Gasteiger partial charge in [-0.1, -0.05) is 28.9 Å². The van der Waals surface area contributed by atoms with Crippen molar-refractivity contribution in [2.24, 2.45) is 0 Å². The monoisotopic (exact) mass is 454 g/mol. The summed E-state index contributed by atoms with van der Waals surface area (Å²) < 4.78 is 47.6. The lowest BCUT2D eigenvalue weighted by atomic mass is 9.92. The number of hydrogen-bond acceptors (Lipinski definition) is 5. The Morgan fingerprint density at radius 1 is 1.32 bits per heavy atom. The number of alkyl halides is 3. The highest BCUT2D eigenvalue weighted by molar-refractivity contribution is 6.30. The third-order valence-electron chi connectivity index (χ3n) is 5.17. The molecule has 2 atom stereocenters. The fourth-order valence-corrected chi connectivity index (χ4v) is 3.78. The average molecular weight is 455 g/mol. The standard InChI is InChI=1S/C20H18ClF3N4O3/c1-11-6-7-12(17-26-18(31-27-17)15-8-13(21)9-25-15)10-28(11)19(29)14-4-2-3-5-16(14)30-20(22,23)24/h2-5,8-9,11-12,25H,6-7,10H2,1H3/t11-,12+/m1/s1. The Labute approximate surface area is 180 Å². The number of likely N-dealkylation sites (tertiary alicyclic amines) is 1. The number of nitrogens with zero attached hydrogens (tertiary/aromatic N) is 3. The minimum Gasteiger partial charge on any atom is -0.405 e. The van der Waals surface area contributed by atoms with Crippen molar-refractivity contribution in [1.82, 2.24) is 20.0 Å². The molecule has 1 saturated heterocycles. The molecule has 3 heterocycles. The van der Waals surface area contributed by atoms with Crippen LogP contribution < -0.4 is 4.74 Å². The van der Waals surface area contributed by atoms with E-state index in [0.29, 0.717) is 29.4 Å². The van der Waals surface area contributed by atoms with Crippen LogP contribution in [0.1, 0.15) is 41.9 Å². The summed E-state index contributed by atoms with van der Waals surface area (Å²) in [7, 11) is 0. The van der Waals surface area contributed by atoms with E-state index in [1.54, 1.807) is 12.3 Å². The van der Waals surface area contributed by atoms with Gasteiger partial charge >= 0.3 is 6.36 Å². The Balaban J connectivity index is 1.55. The molecule has 1 fully saturated rings. The van der Waals surface area contributed by atoms with Crippen molar-refractivity contribution in [1.29, 1.82) is 0 Å². The Hall–Kier alpha value is -3.01. The summed E-state index contributed by atoms with van der Waals surface area (Å²) in [6.07, 6.45) is -1.97. The number of aromatic amines is 1. The van der Waals surface area contributed by atoms with Crippen LogP contribution in [0.25, 0.3) is 11.6 Å². The number of benzene rings is 1. The number of ether oxygens (including phenoxy) is 1.